The first-order valence-electron chi connectivity index (χ1n) is 5.46. The highest BCUT2D eigenvalue weighted by Crippen LogP contribution is 2.34. The first kappa shape index (κ1) is 11.7. The Hall–Kier alpha value is -2.41. The standard InChI is InChI=1S/C12H8N2O4S/c15-11-7-3-1-2-4-8(7)18-12(13-11)9-5-6-10(19-9)14(16)17/h1-6,12H,(H,13,15)/t12-/m0/s1. The summed E-state index contributed by atoms with van der Waals surface area (Å²) in [6.07, 6.45) is -0.680. The van der Waals surface area contributed by atoms with Crippen LogP contribution in [0.4, 0.5) is 5.00 Å². The Morgan fingerprint density at radius 1 is 1.26 bits per heavy atom. The fourth-order valence-corrected chi connectivity index (χ4v) is 2.62. The predicted molar refractivity (Wildman–Crippen MR) is 68.3 cm³/mol. The highest BCUT2D eigenvalue weighted by molar-refractivity contribution is 7.15. The Labute approximate surface area is 111 Å². The lowest BCUT2D eigenvalue weighted by Crippen LogP contribution is -2.36. The summed E-state index contributed by atoms with van der Waals surface area (Å²) in [7, 11) is 0. The number of nitro groups is 1. The quantitative estimate of drug-likeness (QED) is 0.674. The lowest BCUT2D eigenvalue weighted by Gasteiger charge is -2.25. The van der Waals surface area contributed by atoms with Crippen LogP contribution >= 0.6 is 11.3 Å². The maximum absolute atomic E-state index is 11.9. The first-order valence-corrected chi connectivity index (χ1v) is 6.27. The molecule has 1 aliphatic heterocycles. The molecule has 0 unspecified atom stereocenters. The number of carbonyl (C=O) groups is 1. The maximum atomic E-state index is 11.9. The topological polar surface area (TPSA) is 81.5 Å². The molecule has 1 N–H and O–H groups in total. The monoisotopic (exact) mass is 276 g/mol. The third-order valence-electron chi connectivity index (χ3n) is 2.69. The van der Waals surface area contributed by atoms with Crippen molar-refractivity contribution in [1.29, 1.82) is 0 Å². The number of hydrogen-bond donors (Lipinski definition) is 1. The van der Waals surface area contributed by atoms with Crippen molar-refractivity contribution < 1.29 is 14.5 Å². The van der Waals surface area contributed by atoms with Gasteiger partial charge in [0.25, 0.3) is 5.91 Å². The van der Waals surface area contributed by atoms with Gasteiger partial charge in [-0.05, 0) is 18.2 Å². The molecule has 0 spiro atoms. The maximum Gasteiger partial charge on any atom is 0.324 e. The third-order valence-corrected chi connectivity index (χ3v) is 3.77. The number of carbonyl (C=O) groups excluding carboxylic acids is 1. The van der Waals surface area contributed by atoms with Gasteiger partial charge < -0.3 is 10.1 Å². The molecule has 1 aliphatic rings. The SMILES string of the molecule is O=C1N[C@H](c2ccc([N+](=O)[O-])s2)Oc2ccccc21. The van der Waals surface area contributed by atoms with E-state index in [1.54, 1.807) is 30.3 Å². The molecule has 2 heterocycles. The highest BCUT2D eigenvalue weighted by Gasteiger charge is 2.28. The molecule has 7 heteroatoms. The Morgan fingerprint density at radius 3 is 2.79 bits per heavy atom. The Balaban J connectivity index is 1.92. The number of nitrogens with one attached hydrogen (secondary N) is 1. The number of thiophene rings is 1. The third kappa shape index (κ3) is 2.04. The smallest absolute Gasteiger partial charge is 0.324 e. The minimum Gasteiger partial charge on any atom is -0.465 e. The average Bonchev–Trinajstić information content (AvgIpc) is 2.88. The van der Waals surface area contributed by atoms with Gasteiger partial charge in [-0.15, -0.1) is 0 Å². The molecule has 1 atom stereocenters. The minimum atomic E-state index is -0.680. The van der Waals surface area contributed by atoms with Crippen LogP contribution in [0.15, 0.2) is 36.4 Å². The molecule has 0 radical (unpaired) electrons. The van der Waals surface area contributed by atoms with Crippen LogP contribution in [0.1, 0.15) is 21.5 Å². The summed E-state index contributed by atoms with van der Waals surface area (Å²) in [5, 5.41) is 13.3. The number of amides is 1. The predicted octanol–water partition coefficient (Wildman–Crippen LogP) is 2.48. The van der Waals surface area contributed by atoms with Gasteiger partial charge in [-0.2, -0.15) is 0 Å². The van der Waals surface area contributed by atoms with E-state index in [0.29, 0.717) is 16.2 Å². The molecule has 3 rings (SSSR count). The zero-order chi connectivity index (χ0) is 13.4. The van der Waals surface area contributed by atoms with Crippen LogP contribution in [-0.4, -0.2) is 10.8 Å². The average molecular weight is 276 g/mol. The van der Waals surface area contributed by atoms with Crippen molar-refractivity contribution in [2.24, 2.45) is 0 Å². The molecular formula is C12H8N2O4S. The van der Waals surface area contributed by atoms with Crippen molar-refractivity contribution in [2.45, 2.75) is 6.23 Å². The van der Waals surface area contributed by atoms with Gasteiger partial charge >= 0.3 is 5.00 Å². The van der Waals surface area contributed by atoms with E-state index in [4.69, 9.17) is 4.74 Å². The largest absolute Gasteiger partial charge is 0.465 e. The summed E-state index contributed by atoms with van der Waals surface area (Å²) < 4.78 is 5.64. The lowest BCUT2D eigenvalue weighted by atomic mass is 10.1. The second kappa shape index (κ2) is 4.36. The molecule has 0 saturated heterocycles. The van der Waals surface area contributed by atoms with Crippen molar-refractivity contribution in [3.8, 4) is 5.75 Å². The van der Waals surface area contributed by atoms with Gasteiger partial charge in [0.15, 0.2) is 0 Å². The Morgan fingerprint density at radius 2 is 2.05 bits per heavy atom. The molecule has 0 bridgehead atoms. The fourth-order valence-electron chi connectivity index (χ4n) is 1.82. The molecule has 1 aromatic heterocycles. The fraction of sp³-hybridized carbons (Fsp3) is 0.0833. The van der Waals surface area contributed by atoms with E-state index in [0.717, 1.165) is 11.3 Å². The van der Waals surface area contributed by atoms with E-state index < -0.39 is 11.2 Å². The lowest BCUT2D eigenvalue weighted by molar-refractivity contribution is -0.380. The molecule has 6 nitrogen and oxygen atoms in total. The van der Waals surface area contributed by atoms with Gasteiger partial charge in [-0.25, -0.2) is 0 Å². The number of nitrogens with zero attached hydrogens (tertiary/aromatic N) is 1. The summed E-state index contributed by atoms with van der Waals surface area (Å²) in [6, 6.07) is 9.86. The van der Waals surface area contributed by atoms with E-state index in [-0.39, 0.29) is 10.9 Å². The van der Waals surface area contributed by atoms with E-state index in [9.17, 15) is 14.9 Å². The second-order valence-electron chi connectivity index (χ2n) is 3.90. The number of fused-ring (bicyclic) bond motifs is 1. The summed E-state index contributed by atoms with van der Waals surface area (Å²) >= 11 is 0.985. The molecule has 2 aromatic rings. The molecular weight excluding hydrogens is 268 g/mol. The van der Waals surface area contributed by atoms with Crippen molar-refractivity contribution in [3.63, 3.8) is 0 Å². The van der Waals surface area contributed by atoms with Crippen LogP contribution < -0.4 is 10.1 Å². The molecule has 1 aromatic carbocycles. The number of benzene rings is 1. The molecule has 1 amide bonds. The molecule has 0 aliphatic carbocycles. The van der Waals surface area contributed by atoms with Crippen LogP contribution in [0.3, 0.4) is 0 Å². The van der Waals surface area contributed by atoms with Crippen molar-refractivity contribution in [1.82, 2.24) is 5.32 Å². The summed E-state index contributed by atoms with van der Waals surface area (Å²) in [4.78, 5) is 22.7. The van der Waals surface area contributed by atoms with Gasteiger partial charge in [0.05, 0.1) is 15.4 Å². The van der Waals surface area contributed by atoms with E-state index in [1.807, 2.05) is 0 Å². The molecule has 19 heavy (non-hydrogen) atoms. The molecule has 0 saturated carbocycles. The highest BCUT2D eigenvalue weighted by atomic mass is 32.1. The normalized spacial score (nSPS) is 17.3. The summed E-state index contributed by atoms with van der Waals surface area (Å²) in [6.45, 7) is 0. The zero-order valence-electron chi connectivity index (χ0n) is 9.53. The van der Waals surface area contributed by atoms with Crippen molar-refractivity contribution >= 4 is 22.2 Å². The van der Waals surface area contributed by atoms with E-state index in [1.165, 1.54) is 6.07 Å². The van der Waals surface area contributed by atoms with Crippen molar-refractivity contribution in [2.75, 3.05) is 0 Å². The second-order valence-corrected chi connectivity index (χ2v) is 4.99. The van der Waals surface area contributed by atoms with Gasteiger partial charge in [-0.3, -0.25) is 14.9 Å². The van der Waals surface area contributed by atoms with Gasteiger partial charge in [0.1, 0.15) is 5.75 Å². The van der Waals surface area contributed by atoms with Crippen molar-refractivity contribution in [3.05, 3.63) is 57.0 Å². The molecule has 0 fully saturated rings. The van der Waals surface area contributed by atoms with Crippen LogP contribution in [0.5, 0.6) is 5.75 Å². The summed E-state index contributed by atoms with van der Waals surface area (Å²) in [5.74, 6) is 0.232. The minimum absolute atomic E-state index is 0.0201. The van der Waals surface area contributed by atoms with Crippen LogP contribution in [0.2, 0.25) is 0 Å². The van der Waals surface area contributed by atoms with Gasteiger partial charge in [0.2, 0.25) is 6.23 Å². The van der Waals surface area contributed by atoms with Crippen LogP contribution in [0, 0.1) is 10.1 Å². The zero-order valence-corrected chi connectivity index (χ0v) is 10.3. The number of rotatable bonds is 2. The van der Waals surface area contributed by atoms with Gasteiger partial charge in [0, 0.05) is 6.07 Å². The van der Waals surface area contributed by atoms with Crippen LogP contribution in [-0.2, 0) is 0 Å². The van der Waals surface area contributed by atoms with Crippen LogP contribution in [0.25, 0.3) is 0 Å². The van der Waals surface area contributed by atoms with E-state index in [2.05, 4.69) is 5.32 Å². The van der Waals surface area contributed by atoms with E-state index >= 15 is 0 Å². The number of para-hydroxylation sites is 1. The Kier molecular flexibility index (Phi) is 2.68. The number of hydrogen-bond acceptors (Lipinski definition) is 5. The number of ether oxygens (including phenoxy) is 1. The Bertz CT molecular complexity index is 667. The van der Waals surface area contributed by atoms with Gasteiger partial charge in [-0.1, -0.05) is 23.5 Å². The molecule has 96 valence electrons. The summed E-state index contributed by atoms with van der Waals surface area (Å²) in [5.41, 5.74) is 0.463. The first-order chi connectivity index (χ1) is 9.15.